The molecule has 0 atom stereocenters. The molecule has 5 heteroatoms. The van der Waals surface area contributed by atoms with Crippen molar-refractivity contribution in [1.82, 2.24) is 10.2 Å². The third-order valence-electron chi connectivity index (χ3n) is 3.26. The van der Waals surface area contributed by atoms with Gasteiger partial charge in [0.25, 0.3) is 0 Å². The number of rotatable bonds is 3. The average molecular weight is 297 g/mol. The number of ether oxygens (including phenoxy) is 1. The Balaban J connectivity index is 1.79. The van der Waals surface area contributed by atoms with E-state index in [0.29, 0.717) is 5.13 Å². The molecule has 0 fully saturated rings. The Hall–Kier alpha value is -2.40. The molecule has 0 aliphatic heterocycles. The van der Waals surface area contributed by atoms with E-state index in [1.807, 2.05) is 36.4 Å². The third kappa shape index (κ3) is 3.03. The van der Waals surface area contributed by atoms with Crippen molar-refractivity contribution in [3.63, 3.8) is 0 Å². The molecule has 2 aromatic carbocycles. The molecule has 0 saturated carbocycles. The van der Waals surface area contributed by atoms with Gasteiger partial charge in [0.1, 0.15) is 16.5 Å². The van der Waals surface area contributed by atoms with Crippen LogP contribution in [0.15, 0.2) is 42.5 Å². The Morgan fingerprint density at radius 3 is 2.24 bits per heavy atom. The van der Waals surface area contributed by atoms with Crippen LogP contribution in [0.3, 0.4) is 0 Å². The lowest BCUT2D eigenvalue weighted by atomic mass is 10.1. The number of anilines is 1. The standard InChI is InChI=1S/C16H15N3OS/c1-10-3-6-14(9-11(10)2)20-13-7-4-12(5-8-13)15-18-19-16(17)21-15/h3-9H,1-2H3,(H2,17,19). The van der Waals surface area contributed by atoms with Gasteiger partial charge in [0, 0.05) is 5.56 Å². The molecule has 0 unspecified atom stereocenters. The second-order valence-corrected chi connectivity index (χ2v) is 5.83. The minimum atomic E-state index is 0.473. The summed E-state index contributed by atoms with van der Waals surface area (Å²) in [6, 6.07) is 13.8. The lowest BCUT2D eigenvalue weighted by molar-refractivity contribution is 0.482. The van der Waals surface area contributed by atoms with Crippen molar-refractivity contribution in [1.29, 1.82) is 0 Å². The lowest BCUT2D eigenvalue weighted by Gasteiger charge is -2.08. The Kier molecular flexibility index (Phi) is 3.58. The molecular weight excluding hydrogens is 282 g/mol. The van der Waals surface area contributed by atoms with Crippen LogP contribution in [-0.2, 0) is 0 Å². The van der Waals surface area contributed by atoms with Crippen LogP contribution in [0.25, 0.3) is 10.6 Å². The van der Waals surface area contributed by atoms with Crippen molar-refractivity contribution in [2.75, 3.05) is 5.73 Å². The summed E-state index contributed by atoms with van der Waals surface area (Å²) in [6.07, 6.45) is 0. The molecule has 21 heavy (non-hydrogen) atoms. The molecule has 2 N–H and O–H groups in total. The number of aryl methyl sites for hydroxylation is 2. The van der Waals surface area contributed by atoms with Crippen molar-refractivity contribution in [2.24, 2.45) is 0 Å². The van der Waals surface area contributed by atoms with E-state index in [4.69, 9.17) is 10.5 Å². The van der Waals surface area contributed by atoms with Gasteiger partial charge in [-0.05, 0) is 61.4 Å². The van der Waals surface area contributed by atoms with Crippen LogP contribution in [0.5, 0.6) is 11.5 Å². The predicted octanol–water partition coefficient (Wildman–Crippen LogP) is 4.20. The fourth-order valence-corrected chi connectivity index (χ4v) is 2.55. The molecule has 0 radical (unpaired) electrons. The zero-order valence-corrected chi connectivity index (χ0v) is 12.6. The molecule has 1 heterocycles. The zero-order valence-electron chi connectivity index (χ0n) is 11.8. The monoisotopic (exact) mass is 297 g/mol. The van der Waals surface area contributed by atoms with Crippen molar-refractivity contribution in [2.45, 2.75) is 13.8 Å². The number of nitrogens with zero attached hydrogens (tertiary/aromatic N) is 2. The number of nitrogens with two attached hydrogens (primary N) is 1. The maximum absolute atomic E-state index is 5.85. The predicted molar refractivity (Wildman–Crippen MR) is 85.7 cm³/mol. The van der Waals surface area contributed by atoms with Crippen LogP contribution in [-0.4, -0.2) is 10.2 Å². The van der Waals surface area contributed by atoms with E-state index in [-0.39, 0.29) is 0 Å². The normalized spacial score (nSPS) is 10.6. The smallest absolute Gasteiger partial charge is 0.203 e. The summed E-state index contributed by atoms with van der Waals surface area (Å²) in [6.45, 7) is 4.16. The summed E-state index contributed by atoms with van der Waals surface area (Å²) < 4.78 is 5.85. The molecule has 0 amide bonds. The summed E-state index contributed by atoms with van der Waals surface area (Å²) in [5, 5.41) is 9.12. The van der Waals surface area contributed by atoms with Gasteiger partial charge in [0.15, 0.2) is 0 Å². The fourth-order valence-electron chi connectivity index (χ4n) is 1.93. The first-order valence-electron chi connectivity index (χ1n) is 6.56. The highest BCUT2D eigenvalue weighted by atomic mass is 32.1. The number of hydrogen-bond donors (Lipinski definition) is 1. The van der Waals surface area contributed by atoms with Crippen molar-refractivity contribution in [3.05, 3.63) is 53.6 Å². The molecule has 3 rings (SSSR count). The van der Waals surface area contributed by atoms with Gasteiger partial charge in [-0.3, -0.25) is 0 Å². The van der Waals surface area contributed by atoms with Crippen LogP contribution in [0.4, 0.5) is 5.13 Å². The quantitative estimate of drug-likeness (QED) is 0.787. The van der Waals surface area contributed by atoms with E-state index in [1.54, 1.807) is 0 Å². The molecule has 0 bridgehead atoms. The molecule has 1 aromatic heterocycles. The minimum absolute atomic E-state index is 0.473. The molecule has 0 spiro atoms. The molecule has 4 nitrogen and oxygen atoms in total. The van der Waals surface area contributed by atoms with Gasteiger partial charge in [0.05, 0.1) is 0 Å². The van der Waals surface area contributed by atoms with Gasteiger partial charge in [-0.25, -0.2) is 0 Å². The molecule has 0 saturated heterocycles. The third-order valence-corrected chi connectivity index (χ3v) is 4.06. The SMILES string of the molecule is Cc1ccc(Oc2ccc(-c3nnc(N)s3)cc2)cc1C. The zero-order chi connectivity index (χ0) is 14.8. The van der Waals surface area contributed by atoms with Crippen LogP contribution < -0.4 is 10.5 Å². The Morgan fingerprint density at radius 1 is 0.905 bits per heavy atom. The van der Waals surface area contributed by atoms with E-state index in [0.717, 1.165) is 22.1 Å². The summed E-state index contributed by atoms with van der Waals surface area (Å²) in [5.41, 5.74) is 9.05. The summed E-state index contributed by atoms with van der Waals surface area (Å²) in [4.78, 5) is 0. The van der Waals surface area contributed by atoms with Gasteiger partial charge >= 0.3 is 0 Å². The largest absolute Gasteiger partial charge is 0.457 e. The first-order chi connectivity index (χ1) is 10.1. The van der Waals surface area contributed by atoms with E-state index >= 15 is 0 Å². The number of benzene rings is 2. The van der Waals surface area contributed by atoms with Gasteiger partial charge in [-0.15, -0.1) is 10.2 Å². The Labute approximate surface area is 127 Å². The second-order valence-electron chi connectivity index (χ2n) is 4.82. The van der Waals surface area contributed by atoms with Gasteiger partial charge < -0.3 is 10.5 Å². The molecule has 0 aliphatic carbocycles. The van der Waals surface area contributed by atoms with Crippen molar-refractivity contribution >= 4 is 16.5 Å². The van der Waals surface area contributed by atoms with Gasteiger partial charge in [-0.2, -0.15) is 0 Å². The summed E-state index contributed by atoms with van der Waals surface area (Å²) in [5.74, 6) is 1.63. The highest BCUT2D eigenvalue weighted by Gasteiger charge is 2.05. The molecule has 3 aromatic rings. The van der Waals surface area contributed by atoms with Crippen LogP contribution in [0, 0.1) is 13.8 Å². The van der Waals surface area contributed by atoms with Gasteiger partial charge in [0.2, 0.25) is 5.13 Å². The minimum Gasteiger partial charge on any atom is -0.457 e. The summed E-state index contributed by atoms with van der Waals surface area (Å²) in [7, 11) is 0. The topological polar surface area (TPSA) is 61.0 Å². The molecule has 106 valence electrons. The Morgan fingerprint density at radius 2 is 1.62 bits per heavy atom. The van der Waals surface area contributed by atoms with Crippen molar-refractivity contribution in [3.8, 4) is 22.1 Å². The number of hydrogen-bond acceptors (Lipinski definition) is 5. The average Bonchev–Trinajstić information content (AvgIpc) is 2.90. The maximum atomic E-state index is 5.85. The van der Waals surface area contributed by atoms with E-state index in [2.05, 4.69) is 30.1 Å². The van der Waals surface area contributed by atoms with Crippen molar-refractivity contribution < 1.29 is 4.74 Å². The highest BCUT2D eigenvalue weighted by Crippen LogP contribution is 2.28. The lowest BCUT2D eigenvalue weighted by Crippen LogP contribution is -1.87. The van der Waals surface area contributed by atoms with Crippen LogP contribution >= 0.6 is 11.3 Å². The first kappa shape index (κ1) is 13.6. The highest BCUT2D eigenvalue weighted by molar-refractivity contribution is 7.18. The number of aromatic nitrogens is 2. The summed E-state index contributed by atoms with van der Waals surface area (Å²) >= 11 is 1.37. The number of nitrogen functional groups attached to an aromatic ring is 1. The first-order valence-corrected chi connectivity index (χ1v) is 7.38. The molecular formula is C16H15N3OS. The van der Waals surface area contributed by atoms with Crippen LogP contribution in [0.1, 0.15) is 11.1 Å². The second kappa shape index (κ2) is 5.54. The fraction of sp³-hybridized carbons (Fsp3) is 0.125. The van der Waals surface area contributed by atoms with E-state index in [9.17, 15) is 0 Å². The van der Waals surface area contributed by atoms with Crippen LogP contribution in [0.2, 0.25) is 0 Å². The Bertz CT molecular complexity index is 765. The van der Waals surface area contributed by atoms with E-state index < -0.39 is 0 Å². The maximum Gasteiger partial charge on any atom is 0.203 e. The van der Waals surface area contributed by atoms with Gasteiger partial charge in [-0.1, -0.05) is 17.4 Å². The van der Waals surface area contributed by atoms with E-state index in [1.165, 1.54) is 22.5 Å². The molecule has 0 aliphatic rings.